The fourth-order valence-corrected chi connectivity index (χ4v) is 4.93. The summed E-state index contributed by atoms with van der Waals surface area (Å²) in [6.45, 7) is 1.70. The molecule has 10 heteroatoms. The van der Waals surface area contributed by atoms with Gasteiger partial charge in [0.25, 0.3) is 0 Å². The van der Waals surface area contributed by atoms with Crippen LogP contribution in [-0.2, 0) is 20.6 Å². The second-order valence-corrected chi connectivity index (χ2v) is 9.64. The van der Waals surface area contributed by atoms with Gasteiger partial charge in [-0.2, -0.15) is 11.8 Å². The Balaban J connectivity index is 1.95. The third kappa shape index (κ3) is 6.58. The first kappa shape index (κ1) is 23.4. The maximum absolute atomic E-state index is 13.5. The van der Waals surface area contributed by atoms with Crippen molar-refractivity contribution in [3.05, 3.63) is 64.7 Å². The summed E-state index contributed by atoms with van der Waals surface area (Å²) in [4.78, 5) is 12.4. The van der Waals surface area contributed by atoms with Crippen molar-refractivity contribution < 1.29 is 22.0 Å². The maximum Gasteiger partial charge on any atom is 0.243 e. The van der Waals surface area contributed by atoms with E-state index in [1.54, 1.807) is 17.8 Å². The van der Waals surface area contributed by atoms with Gasteiger partial charge >= 0.3 is 0 Å². The lowest BCUT2D eigenvalue weighted by Gasteiger charge is -2.28. The molecule has 5 nitrogen and oxygen atoms in total. The van der Waals surface area contributed by atoms with E-state index in [-0.39, 0.29) is 5.69 Å². The zero-order valence-corrected chi connectivity index (χ0v) is 18.3. The summed E-state index contributed by atoms with van der Waals surface area (Å²) in [5.41, 5.74) is 0.864. The molecule has 2 aromatic carbocycles. The lowest BCUT2D eigenvalue weighted by molar-refractivity contribution is -0.121. The molecule has 1 atom stereocenters. The summed E-state index contributed by atoms with van der Waals surface area (Å²) in [6, 6.07) is 9.01. The van der Waals surface area contributed by atoms with Gasteiger partial charge in [0.15, 0.2) is 11.6 Å². The summed E-state index contributed by atoms with van der Waals surface area (Å²) in [7, 11) is -3.90. The zero-order chi connectivity index (χ0) is 21.6. The molecule has 0 unspecified atom stereocenters. The molecular formula is C19H21ClF2N2O3S2. The Hall–Kier alpha value is -1.84. The number of carbonyl (C=O) groups is 1. The van der Waals surface area contributed by atoms with Gasteiger partial charge in [0.05, 0.1) is 11.9 Å². The van der Waals surface area contributed by atoms with Crippen molar-refractivity contribution in [2.24, 2.45) is 0 Å². The molecule has 2 rings (SSSR count). The van der Waals surface area contributed by atoms with Crippen molar-refractivity contribution in [2.75, 3.05) is 22.9 Å². The summed E-state index contributed by atoms with van der Waals surface area (Å²) in [5.74, 6) is -1.57. The number of halogens is 3. The normalized spacial score (nSPS) is 12.4. The van der Waals surface area contributed by atoms with Crippen LogP contribution in [0.15, 0.2) is 42.5 Å². The molecule has 0 aliphatic rings. The number of rotatable bonds is 9. The van der Waals surface area contributed by atoms with Crippen LogP contribution in [0.4, 0.5) is 14.5 Å². The average molecular weight is 463 g/mol. The van der Waals surface area contributed by atoms with Crippen molar-refractivity contribution in [3.63, 3.8) is 0 Å². The second-order valence-electron chi connectivity index (χ2n) is 6.27. The predicted octanol–water partition coefficient (Wildman–Crippen LogP) is 3.82. The first-order valence-electron chi connectivity index (χ1n) is 8.64. The van der Waals surface area contributed by atoms with E-state index in [0.29, 0.717) is 23.1 Å². The molecule has 0 aliphatic heterocycles. The minimum atomic E-state index is -3.90. The molecule has 158 valence electrons. The van der Waals surface area contributed by atoms with Gasteiger partial charge in [0.2, 0.25) is 15.9 Å². The van der Waals surface area contributed by atoms with Gasteiger partial charge < -0.3 is 5.32 Å². The highest BCUT2D eigenvalue weighted by Gasteiger charge is 2.29. The van der Waals surface area contributed by atoms with Crippen LogP contribution >= 0.6 is 23.4 Å². The number of hydrogen-bond donors (Lipinski definition) is 1. The van der Waals surface area contributed by atoms with Crippen LogP contribution in [0.2, 0.25) is 5.02 Å². The number of sulfonamides is 1. The fraction of sp³-hybridized carbons (Fsp3) is 0.316. The van der Waals surface area contributed by atoms with Gasteiger partial charge in [-0.1, -0.05) is 29.8 Å². The molecule has 2 aromatic rings. The fourth-order valence-electron chi connectivity index (χ4n) is 2.62. The maximum atomic E-state index is 13.5. The number of thioether (sulfide) groups is 1. The van der Waals surface area contributed by atoms with Crippen LogP contribution in [-0.4, -0.2) is 38.9 Å². The molecule has 0 radical (unpaired) electrons. The average Bonchev–Trinajstić information content (AvgIpc) is 2.64. The molecule has 29 heavy (non-hydrogen) atoms. The zero-order valence-electron chi connectivity index (χ0n) is 15.9. The minimum Gasteiger partial charge on any atom is -0.353 e. The highest BCUT2D eigenvalue weighted by molar-refractivity contribution is 7.98. The van der Waals surface area contributed by atoms with Crippen LogP contribution in [0.5, 0.6) is 0 Å². The van der Waals surface area contributed by atoms with Crippen molar-refractivity contribution in [3.8, 4) is 0 Å². The molecule has 0 aromatic heterocycles. The molecule has 0 spiro atoms. The van der Waals surface area contributed by atoms with E-state index in [1.807, 2.05) is 18.2 Å². The third-order valence-electron chi connectivity index (χ3n) is 4.01. The first-order valence-corrected chi connectivity index (χ1v) is 12.0. The molecular weight excluding hydrogens is 442 g/mol. The van der Waals surface area contributed by atoms with Crippen LogP contribution in [0.25, 0.3) is 0 Å². The van der Waals surface area contributed by atoms with E-state index in [2.05, 4.69) is 5.32 Å². The van der Waals surface area contributed by atoms with Crippen LogP contribution < -0.4 is 9.62 Å². The number of anilines is 1. The van der Waals surface area contributed by atoms with Gasteiger partial charge in [0.1, 0.15) is 6.04 Å². The number of carbonyl (C=O) groups excluding carboxylic acids is 1. The van der Waals surface area contributed by atoms with E-state index in [0.717, 1.165) is 34.3 Å². The quantitative estimate of drug-likeness (QED) is 0.575. The van der Waals surface area contributed by atoms with E-state index in [1.165, 1.54) is 6.92 Å². The van der Waals surface area contributed by atoms with E-state index in [9.17, 15) is 22.0 Å². The summed E-state index contributed by atoms with van der Waals surface area (Å²) in [5, 5.41) is 3.34. The van der Waals surface area contributed by atoms with Gasteiger partial charge in [-0.3, -0.25) is 9.10 Å². The molecule has 0 saturated carbocycles. The summed E-state index contributed by atoms with van der Waals surface area (Å²) < 4.78 is 51.8. The number of benzene rings is 2. The van der Waals surface area contributed by atoms with Crippen molar-refractivity contribution in [2.45, 2.75) is 18.7 Å². The molecule has 1 amide bonds. The van der Waals surface area contributed by atoms with Crippen LogP contribution in [0, 0.1) is 11.6 Å². The van der Waals surface area contributed by atoms with Gasteiger partial charge in [0, 0.05) is 29.1 Å². The molecule has 0 aliphatic carbocycles. The predicted molar refractivity (Wildman–Crippen MR) is 114 cm³/mol. The molecule has 0 heterocycles. The minimum absolute atomic E-state index is 0.123. The Kier molecular flexibility index (Phi) is 8.30. The number of amides is 1. The van der Waals surface area contributed by atoms with Crippen LogP contribution in [0.1, 0.15) is 12.5 Å². The second kappa shape index (κ2) is 10.3. The number of nitrogens with one attached hydrogen (secondary N) is 1. The largest absolute Gasteiger partial charge is 0.353 e. The molecule has 0 fully saturated rings. The highest BCUT2D eigenvalue weighted by Crippen LogP contribution is 2.23. The SMILES string of the molecule is C[C@@H](C(=O)NCCSCc1ccccc1Cl)N(c1ccc(F)c(F)c1)S(C)(=O)=O. The summed E-state index contributed by atoms with van der Waals surface area (Å²) >= 11 is 7.66. The molecule has 1 N–H and O–H groups in total. The van der Waals surface area contributed by atoms with E-state index >= 15 is 0 Å². The molecule has 0 bridgehead atoms. The summed E-state index contributed by atoms with van der Waals surface area (Å²) in [6.07, 6.45) is 0.900. The Morgan fingerprint density at radius 3 is 2.52 bits per heavy atom. The van der Waals surface area contributed by atoms with Crippen LogP contribution in [0.3, 0.4) is 0 Å². The number of nitrogens with zero attached hydrogens (tertiary/aromatic N) is 1. The Morgan fingerprint density at radius 1 is 1.21 bits per heavy atom. The van der Waals surface area contributed by atoms with Crippen molar-refractivity contribution in [1.29, 1.82) is 0 Å². The van der Waals surface area contributed by atoms with Crippen molar-refractivity contribution in [1.82, 2.24) is 5.32 Å². The molecule has 0 saturated heterocycles. The Bertz CT molecular complexity index is 974. The lowest BCUT2D eigenvalue weighted by Crippen LogP contribution is -2.48. The standard InChI is InChI=1S/C19H21ClF2N2O3S2/c1-13(24(29(2,26)27)15-7-8-17(21)18(22)11-15)19(25)23-9-10-28-12-14-5-3-4-6-16(14)20/h3-8,11,13H,9-10,12H2,1-2H3,(H,23,25)/t13-/m0/s1. The van der Waals surface area contributed by atoms with E-state index in [4.69, 9.17) is 11.6 Å². The Morgan fingerprint density at radius 2 is 1.90 bits per heavy atom. The van der Waals surface area contributed by atoms with Gasteiger partial charge in [-0.25, -0.2) is 17.2 Å². The van der Waals surface area contributed by atoms with Gasteiger partial charge in [-0.05, 0) is 30.7 Å². The van der Waals surface area contributed by atoms with E-state index < -0.39 is 33.6 Å². The monoisotopic (exact) mass is 462 g/mol. The number of hydrogen-bond acceptors (Lipinski definition) is 4. The topological polar surface area (TPSA) is 66.5 Å². The smallest absolute Gasteiger partial charge is 0.243 e. The lowest BCUT2D eigenvalue weighted by atomic mass is 10.2. The first-order chi connectivity index (χ1) is 13.6. The third-order valence-corrected chi connectivity index (χ3v) is 6.63. The highest BCUT2D eigenvalue weighted by atomic mass is 35.5. The Labute approximate surface area is 178 Å². The van der Waals surface area contributed by atoms with Gasteiger partial charge in [-0.15, -0.1) is 0 Å². The van der Waals surface area contributed by atoms with Crippen molar-refractivity contribution >= 4 is 45.0 Å².